The zero-order chi connectivity index (χ0) is 20.4. The van der Waals surface area contributed by atoms with Crippen LogP contribution in [-0.4, -0.2) is 44.7 Å². The van der Waals surface area contributed by atoms with Gasteiger partial charge in [0.05, 0.1) is 6.61 Å². The fraction of sp³-hybridized carbons (Fsp3) is 0.333. The first-order valence-electron chi connectivity index (χ1n) is 9.08. The van der Waals surface area contributed by atoms with E-state index in [-0.39, 0.29) is 25.0 Å². The second kappa shape index (κ2) is 11.1. The van der Waals surface area contributed by atoms with Crippen LogP contribution >= 0.6 is 0 Å². The average Bonchev–Trinajstić information content (AvgIpc) is 2.69. The number of hydrogen-bond acceptors (Lipinski definition) is 5. The lowest BCUT2D eigenvalue weighted by Crippen LogP contribution is -2.44. The summed E-state index contributed by atoms with van der Waals surface area (Å²) in [5.74, 6) is 0.151. The number of benzene rings is 2. The maximum absolute atomic E-state index is 11.9. The summed E-state index contributed by atoms with van der Waals surface area (Å²) in [5, 5.41) is 5.55. The molecule has 0 radical (unpaired) electrons. The molecule has 2 aromatic rings. The minimum atomic E-state index is -0.660. The summed E-state index contributed by atoms with van der Waals surface area (Å²) in [6.45, 7) is 2.59. The molecule has 2 amide bonds. The van der Waals surface area contributed by atoms with Crippen LogP contribution in [0.25, 0.3) is 0 Å². The Morgan fingerprint density at radius 3 is 2.39 bits per heavy atom. The fourth-order valence-electron chi connectivity index (χ4n) is 2.45. The van der Waals surface area contributed by atoms with E-state index in [0.717, 1.165) is 16.8 Å². The van der Waals surface area contributed by atoms with E-state index >= 15 is 0 Å². The van der Waals surface area contributed by atoms with Gasteiger partial charge in [-0.25, -0.2) is 0 Å². The molecule has 1 unspecified atom stereocenters. The maximum atomic E-state index is 11.9. The Labute approximate surface area is 165 Å². The highest BCUT2D eigenvalue weighted by Gasteiger charge is 2.11. The van der Waals surface area contributed by atoms with E-state index in [1.807, 2.05) is 43.3 Å². The summed E-state index contributed by atoms with van der Waals surface area (Å²) >= 11 is 0. The van der Waals surface area contributed by atoms with Crippen molar-refractivity contribution in [1.82, 2.24) is 5.32 Å². The van der Waals surface area contributed by atoms with Crippen LogP contribution in [0.15, 0.2) is 48.5 Å². The molecule has 0 aromatic heterocycles. The highest BCUT2D eigenvalue weighted by Crippen LogP contribution is 2.13. The number of carbonyl (C=O) groups is 2. The third-order valence-electron chi connectivity index (χ3n) is 4.02. The Morgan fingerprint density at radius 2 is 1.75 bits per heavy atom. The molecule has 0 saturated heterocycles. The first-order chi connectivity index (χ1) is 13.5. The molecule has 28 heavy (non-hydrogen) atoms. The van der Waals surface area contributed by atoms with Gasteiger partial charge in [-0.2, -0.15) is 0 Å². The van der Waals surface area contributed by atoms with Gasteiger partial charge in [0.25, 0.3) is 5.91 Å². The summed E-state index contributed by atoms with van der Waals surface area (Å²) < 4.78 is 10.4. The van der Waals surface area contributed by atoms with Gasteiger partial charge in [-0.3, -0.25) is 9.59 Å². The van der Waals surface area contributed by atoms with Crippen LogP contribution in [-0.2, 0) is 20.7 Å². The molecule has 0 aliphatic carbocycles. The number of nitrogens with one attached hydrogen (secondary N) is 2. The van der Waals surface area contributed by atoms with E-state index in [4.69, 9.17) is 15.2 Å². The Bertz CT molecular complexity index is 760. The first-order valence-corrected chi connectivity index (χ1v) is 9.08. The molecule has 4 N–H and O–H groups in total. The number of aryl methyl sites for hydroxylation is 1. The van der Waals surface area contributed by atoms with E-state index in [2.05, 4.69) is 10.6 Å². The SMILES string of the molecule is COCC(N)C(=O)NCCc1ccc(OCC(=O)Nc2ccc(C)cc2)cc1. The van der Waals surface area contributed by atoms with Crippen LogP contribution in [0, 0.1) is 6.92 Å². The Balaban J connectivity index is 1.71. The molecule has 0 aliphatic heterocycles. The van der Waals surface area contributed by atoms with Gasteiger partial charge < -0.3 is 25.8 Å². The zero-order valence-corrected chi connectivity index (χ0v) is 16.2. The van der Waals surface area contributed by atoms with Crippen molar-refractivity contribution in [3.05, 3.63) is 59.7 Å². The standard InChI is InChI=1S/C21H27N3O4/c1-15-3-7-17(8-4-15)24-20(25)14-28-18-9-5-16(6-10-18)11-12-23-21(26)19(22)13-27-2/h3-10,19H,11-14,22H2,1-2H3,(H,23,26)(H,24,25). The molecule has 0 spiro atoms. The summed E-state index contributed by atoms with van der Waals surface area (Å²) in [6, 6.07) is 14.3. The smallest absolute Gasteiger partial charge is 0.262 e. The molecule has 7 nitrogen and oxygen atoms in total. The summed E-state index contributed by atoms with van der Waals surface area (Å²) in [5.41, 5.74) is 8.56. The van der Waals surface area contributed by atoms with Crippen molar-refractivity contribution in [1.29, 1.82) is 0 Å². The number of amides is 2. The minimum Gasteiger partial charge on any atom is -0.484 e. The van der Waals surface area contributed by atoms with Crippen molar-refractivity contribution in [2.24, 2.45) is 5.73 Å². The molecule has 0 aliphatic rings. The number of rotatable bonds is 10. The second-order valence-corrected chi connectivity index (χ2v) is 6.45. The molecule has 0 fully saturated rings. The van der Waals surface area contributed by atoms with Crippen LogP contribution in [0.2, 0.25) is 0 Å². The van der Waals surface area contributed by atoms with Crippen LogP contribution in [0.1, 0.15) is 11.1 Å². The molecule has 0 saturated carbocycles. The minimum absolute atomic E-state index is 0.0688. The maximum Gasteiger partial charge on any atom is 0.262 e. The highest BCUT2D eigenvalue weighted by molar-refractivity contribution is 5.91. The van der Waals surface area contributed by atoms with Crippen molar-refractivity contribution in [3.63, 3.8) is 0 Å². The largest absolute Gasteiger partial charge is 0.484 e. The molecule has 0 bridgehead atoms. The van der Waals surface area contributed by atoms with Crippen molar-refractivity contribution in [2.45, 2.75) is 19.4 Å². The zero-order valence-electron chi connectivity index (χ0n) is 16.2. The molecule has 2 rings (SSSR count). The molecule has 0 heterocycles. The van der Waals surface area contributed by atoms with Crippen LogP contribution in [0.4, 0.5) is 5.69 Å². The topological polar surface area (TPSA) is 103 Å². The van der Waals surface area contributed by atoms with Gasteiger partial charge in [-0.1, -0.05) is 29.8 Å². The molecular formula is C21H27N3O4. The quantitative estimate of drug-likeness (QED) is 0.577. The normalized spacial score (nSPS) is 11.5. The predicted octanol–water partition coefficient (Wildman–Crippen LogP) is 1.64. The third-order valence-corrected chi connectivity index (χ3v) is 4.02. The van der Waals surface area contributed by atoms with E-state index < -0.39 is 6.04 Å². The summed E-state index contributed by atoms with van der Waals surface area (Å²) in [4.78, 5) is 23.6. The fourth-order valence-corrected chi connectivity index (χ4v) is 2.45. The highest BCUT2D eigenvalue weighted by atomic mass is 16.5. The number of nitrogens with two attached hydrogens (primary N) is 1. The number of carbonyl (C=O) groups excluding carboxylic acids is 2. The Kier molecular flexibility index (Phi) is 8.45. The first kappa shape index (κ1) is 21.4. The van der Waals surface area contributed by atoms with Gasteiger partial charge >= 0.3 is 0 Å². The van der Waals surface area contributed by atoms with Gasteiger partial charge in [0.15, 0.2) is 6.61 Å². The predicted molar refractivity (Wildman–Crippen MR) is 108 cm³/mol. The molecule has 150 valence electrons. The number of hydrogen-bond donors (Lipinski definition) is 3. The van der Waals surface area contributed by atoms with Crippen molar-refractivity contribution < 1.29 is 19.1 Å². The van der Waals surface area contributed by atoms with Gasteiger partial charge in [-0.15, -0.1) is 0 Å². The average molecular weight is 385 g/mol. The van der Waals surface area contributed by atoms with E-state index in [9.17, 15) is 9.59 Å². The third kappa shape index (κ3) is 7.38. The Morgan fingerprint density at radius 1 is 1.07 bits per heavy atom. The van der Waals surface area contributed by atoms with Crippen LogP contribution < -0.4 is 21.1 Å². The van der Waals surface area contributed by atoms with Crippen molar-refractivity contribution >= 4 is 17.5 Å². The monoisotopic (exact) mass is 385 g/mol. The lowest BCUT2D eigenvalue weighted by Gasteiger charge is -2.11. The van der Waals surface area contributed by atoms with Gasteiger partial charge in [0.1, 0.15) is 11.8 Å². The molecule has 7 heteroatoms. The number of anilines is 1. The van der Waals surface area contributed by atoms with Gasteiger partial charge in [0, 0.05) is 19.3 Å². The van der Waals surface area contributed by atoms with Crippen LogP contribution in [0.5, 0.6) is 5.75 Å². The van der Waals surface area contributed by atoms with E-state index in [0.29, 0.717) is 18.7 Å². The van der Waals surface area contributed by atoms with Crippen LogP contribution in [0.3, 0.4) is 0 Å². The van der Waals surface area contributed by atoms with Crippen molar-refractivity contribution in [3.8, 4) is 5.75 Å². The number of ether oxygens (including phenoxy) is 2. The molecule has 1 atom stereocenters. The van der Waals surface area contributed by atoms with E-state index in [1.165, 1.54) is 7.11 Å². The van der Waals surface area contributed by atoms with E-state index in [1.54, 1.807) is 12.1 Å². The number of methoxy groups -OCH3 is 1. The lowest BCUT2D eigenvalue weighted by atomic mass is 10.1. The van der Waals surface area contributed by atoms with Crippen molar-refractivity contribution in [2.75, 3.05) is 32.2 Å². The summed E-state index contributed by atoms with van der Waals surface area (Å²) in [6.07, 6.45) is 0.666. The second-order valence-electron chi connectivity index (χ2n) is 6.45. The molecular weight excluding hydrogens is 358 g/mol. The lowest BCUT2D eigenvalue weighted by molar-refractivity contribution is -0.123. The molecule has 2 aromatic carbocycles. The van der Waals surface area contributed by atoms with Gasteiger partial charge in [-0.05, 0) is 43.2 Å². The van der Waals surface area contributed by atoms with Gasteiger partial charge in [0.2, 0.25) is 5.91 Å². The summed E-state index contributed by atoms with van der Waals surface area (Å²) in [7, 11) is 1.50. The Hall–Kier alpha value is -2.90.